The van der Waals surface area contributed by atoms with Crippen LogP contribution in [0.2, 0.25) is 5.02 Å². The van der Waals surface area contributed by atoms with Crippen LogP contribution in [0.5, 0.6) is 5.75 Å². The molecule has 0 radical (unpaired) electrons. The zero-order chi connectivity index (χ0) is 11.3. The van der Waals surface area contributed by atoms with Crippen LogP contribution in [0.4, 0.5) is 5.69 Å². The van der Waals surface area contributed by atoms with Gasteiger partial charge in [-0.3, -0.25) is 0 Å². The summed E-state index contributed by atoms with van der Waals surface area (Å²) in [5.41, 5.74) is 0.971. The van der Waals surface area contributed by atoms with Gasteiger partial charge in [-0.1, -0.05) is 31.5 Å². The van der Waals surface area contributed by atoms with E-state index in [9.17, 15) is 0 Å². The van der Waals surface area contributed by atoms with Crippen molar-refractivity contribution in [1.82, 2.24) is 0 Å². The maximum Gasteiger partial charge on any atom is 0.160 e. The second kappa shape index (κ2) is 5.86. The third-order valence-corrected chi connectivity index (χ3v) is 2.81. The van der Waals surface area contributed by atoms with Gasteiger partial charge in [-0.2, -0.15) is 0 Å². The first-order valence-electron chi connectivity index (χ1n) is 5.31. The molecule has 0 heterocycles. The molecule has 2 nitrogen and oxygen atoms in total. The molecular weight excluding hydrogens is 210 g/mol. The molecule has 1 rings (SSSR count). The van der Waals surface area contributed by atoms with Gasteiger partial charge in [-0.05, 0) is 25.0 Å². The van der Waals surface area contributed by atoms with Crippen molar-refractivity contribution in [3.05, 3.63) is 23.2 Å². The smallest absolute Gasteiger partial charge is 0.160 e. The molecule has 1 aromatic carbocycles. The minimum absolute atomic E-state index is 0.470. The molecule has 0 unspecified atom stereocenters. The first-order valence-corrected chi connectivity index (χ1v) is 5.69. The van der Waals surface area contributed by atoms with Crippen LogP contribution in [-0.4, -0.2) is 13.2 Å². The Morgan fingerprint density at radius 3 is 2.53 bits per heavy atom. The van der Waals surface area contributed by atoms with E-state index in [2.05, 4.69) is 19.2 Å². The van der Waals surface area contributed by atoms with E-state index in [1.54, 1.807) is 7.11 Å². The molecule has 0 saturated heterocycles. The molecule has 0 atom stereocenters. The minimum atomic E-state index is 0.470. The standard InChI is InChI=1S/C12H18ClNO/c1-4-9(5-2)14-11-8-6-7-10(13)12(11)15-3/h6-9,14H,4-5H2,1-3H3. The summed E-state index contributed by atoms with van der Waals surface area (Å²) in [6.07, 6.45) is 2.18. The lowest BCUT2D eigenvalue weighted by atomic mass is 10.1. The Balaban J connectivity index is 2.88. The molecule has 0 aliphatic carbocycles. The SMILES string of the molecule is CCC(CC)Nc1cccc(Cl)c1OC. The van der Waals surface area contributed by atoms with Gasteiger partial charge in [0, 0.05) is 6.04 Å². The highest BCUT2D eigenvalue weighted by Gasteiger charge is 2.10. The summed E-state index contributed by atoms with van der Waals surface area (Å²) in [4.78, 5) is 0. The highest BCUT2D eigenvalue weighted by Crippen LogP contribution is 2.33. The van der Waals surface area contributed by atoms with Crippen LogP contribution >= 0.6 is 11.6 Å². The third kappa shape index (κ3) is 3.03. The molecule has 0 aliphatic rings. The molecule has 0 amide bonds. The van der Waals surface area contributed by atoms with Gasteiger partial charge in [0.1, 0.15) is 0 Å². The van der Waals surface area contributed by atoms with E-state index < -0.39 is 0 Å². The predicted octanol–water partition coefficient (Wildman–Crippen LogP) is 3.95. The summed E-state index contributed by atoms with van der Waals surface area (Å²) >= 11 is 6.03. The minimum Gasteiger partial charge on any atom is -0.493 e. The molecule has 3 heteroatoms. The molecule has 0 saturated carbocycles. The van der Waals surface area contributed by atoms with Gasteiger partial charge in [0.2, 0.25) is 0 Å². The molecule has 1 N–H and O–H groups in total. The summed E-state index contributed by atoms with van der Waals surface area (Å²) in [6.45, 7) is 4.33. The Morgan fingerprint density at radius 2 is 2.00 bits per heavy atom. The van der Waals surface area contributed by atoms with Crippen LogP contribution < -0.4 is 10.1 Å². The molecule has 1 aromatic rings. The van der Waals surface area contributed by atoms with Crippen LogP contribution in [0.3, 0.4) is 0 Å². The Labute approximate surface area is 96.6 Å². The second-order valence-corrected chi connectivity index (χ2v) is 3.89. The zero-order valence-corrected chi connectivity index (χ0v) is 10.3. The maximum atomic E-state index is 6.03. The van der Waals surface area contributed by atoms with E-state index >= 15 is 0 Å². The topological polar surface area (TPSA) is 21.3 Å². The van der Waals surface area contributed by atoms with Crippen molar-refractivity contribution >= 4 is 17.3 Å². The number of hydrogen-bond donors (Lipinski definition) is 1. The van der Waals surface area contributed by atoms with E-state index in [1.165, 1.54) is 0 Å². The van der Waals surface area contributed by atoms with Crippen LogP contribution in [0.25, 0.3) is 0 Å². The largest absolute Gasteiger partial charge is 0.493 e. The Hall–Kier alpha value is -0.890. The summed E-state index contributed by atoms with van der Waals surface area (Å²) < 4.78 is 5.27. The van der Waals surface area contributed by atoms with Gasteiger partial charge in [0.05, 0.1) is 17.8 Å². The fourth-order valence-electron chi connectivity index (χ4n) is 1.54. The lowest BCUT2D eigenvalue weighted by Gasteiger charge is -2.18. The maximum absolute atomic E-state index is 6.03. The van der Waals surface area contributed by atoms with E-state index in [-0.39, 0.29) is 0 Å². The Morgan fingerprint density at radius 1 is 1.33 bits per heavy atom. The number of rotatable bonds is 5. The van der Waals surface area contributed by atoms with Crippen molar-refractivity contribution in [2.75, 3.05) is 12.4 Å². The van der Waals surface area contributed by atoms with Gasteiger partial charge in [0.15, 0.2) is 5.75 Å². The summed E-state index contributed by atoms with van der Waals surface area (Å²) in [5, 5.41) is 4.08. The van der Waals surface area contributed by atoms with Gasteiger partial charge in [0.25, 0.3) is 0 Å². The van der Waals surface area contributed by atoms with Gasteiger partial charge in [-0.15, -0.1) is 0 Å². The quantitative estimate of drug-likeness (QED) is 0.823. The van der Waals surface area contributed by atoms with Crippen molar-refractivity contribution in [3.63, 3.8) is 0 Å². The molecule has 0 bridgehead atoms. The molecule has 0 aliphatic heterocycles. The molecular formula is C12H18ClNO. The molecule has 0 aromatic heterocycles. The summed E-state index contributed by atoms with van der Waals surface area (Å²) in [5.74, 6) is 0.728. The monoisotopic (exact) mass is 227 g/mol. The van der Waals surface area contributed by atoms with Crippen molar-refractivity contribution in [2.45, 2.75) is 32.7 Å². The number of ether oxygens (including phenoxy) is 1. The highest BCUT2D eigenvalue weighted by atomic mass is 35.5. The summed E-state index contributed by atoms with van der Waals surface area (Å²) in [6, 6.07) is 6.22. The zero-order valence-electron chi connectivity index (χ0n) is 9.51. The fraction of sp³-hybridized carbons (Fsp3) is 0.500. The Bertz CT molecular complexity index is 310. The van der Waals surface area contributed by atoms with E-state index in [0.717, 1.165) is 24.3 Å². The van der Waals surface area contributed by atoms with E-state index in [1.807, 2.05) is 18.2 Å². The Kier molecular flexibility index (Phi) is 4.76. The highest BCUT2D eigenvalue weighted by molar-refractivity contribution is 6.32. The normalized spacial score (nSPS) is 10.5. The average Bonchev–Trinajstić information content (AvgIpc) is 2.26. The van der Waals surface area contributed by atoms with Crippen molar-refractivity contribution in [2.24, 2.45) is 0 Å². The van der Waals surface area contributed by atoms with Gasteiger partial charge >= 0.3 is 0 Å². The molecule has 15 heavy (non-hydrogen) atoms. The first kappa shape index (κ1) is 12.2. The predicted molar refractivity (Wildman–Crippen MR) is 66.0 cm³/mol. The third-order valence-electron chi connectivity index (χ3n) is 2.52. The van der Waals surface area contributed by atoms with Gasteiger partial charge < -0.3 is 10.1 Å². The van der Waals surface area contributed by atoms with E-state index in [4.69, 9.17) is 16.3 Å². The average molecular weight is 228 g/mol. The van der Waals surface area contributed by atoms with Crippen molar-refractivity contribution in [3.8, 4) is 5.75 Å². The van der Waals surface area contributed by atoms with Crippen LogP contribution in [-0.2, 0) is 0 Å². The lowest BCUT2D eigenvalue weighted by molar-refractivity contribution is 0.416. The van der Waals surface area contributed by atoms with Crippen LogP contribution in [0, 0.1) is 0 Å². The van der Waals surface area contributed by atoms with Crippen LogP contribution in [0.15, 0.2) is 18.2 Å². The van der Waals surface area contributed by atoms with Crippen LogP contribution in [0.1, 0.15) is 26.7 Å². The number of anilines is 1. The number of halogens is 1. The second-order valence-electron chi connectivity index (χ2n) is 3.48. The molecule has 0 spiro atoms. The molecule has 0 fully saturated rings. The number of benzene rings is 1. The van der Waals surface area contributed by atoms with Gasteiger partial charge in [-0.25, -0.2) is 0 Å². The molecule has 84 valence electrons. The number of methoxy groups -OCH3 is 1. The first-order chi connectivity index (χ1) is 7.22. The lowest BCUT2D eigenvalue weighted by Crippen LogP contribution is -2.17. The fourth-order valence-corrected chi connectivity index (χ4v) is 1.79. The number of para-hydroxylation sites is 1. The summed E-state index contributed by atoms with van der Waals surface area (Å²) in [7, 11) is 1.64. The van der Waals surface area contributed by atoms with Crippen molar-refractivity contribution < 1.29 is 4.74 Å². The number of hydrogen-bond acceptors (Lipinski definition) is 2. The van der Waals surface area contributed by atoms with Crippen molar-refractivity contribution in [1.29, 1.82) is 0 Å². The number of nitrogens with one attached hydrogen (secondary N) is 1. The van der Waals surface area contributed by atoms with E-state index in [0.29, 0.717) is 11.1 Å².